The number of hydrogen-bond acceptors (Lipinski definition) is 3. The maximum absolute atomic E-state index is 12.5. The molecule has 0 aliphatic carbocycles. The zero-order chi connectivity index (χ0) is 14.9. The second-order valence-electron chi connectivity index (χ2n) is 4.77. The Hall–Kier alpha value is -1.89. The lowest BCUT2D eigenvalue weighted by molar-refractivity contribution is -0.144. The molecule has 7 heteroatoms. The van der Waals surface area contributed by atoms with Gasteiger partial charge in [0, 0.05) is 11.6 Å². The van der Waals surface area contributed by atoms with Gasteiger partial charge in [0.25, 0.3) is 0 Å². The van der Waals surface area contributed by atoms with E-state index in [2.05, 4.69) is 10.1 Å². The van der Waals surface area contributed by atoms with Crippen LogP contribution in [-0.2, 0) is 6.18 Å². The van der Waals surface area contributed by atoms with E-state index in [1.807, 2.05) is 37.1 Å². The number of benzene rings is 1. The summed E-state index contributed by atoms with van der Waals surface area (Å²) in [6.45, 7) is 2.01. The van der Waals surface area contributed by atoms with Crippen LogP contribution in [0, 0.1) is 0 Å². The van der Waals surface area contributed by atoms with Crippen molar-refractivity contribution in [1.82, 2.24) is 20.1 Å². The Bertz CT molecular complexity index is 589. The molecule has 0 amide bonds. The van der Waals surface area contributed by atoms with Gasteiger partial charge < -0.3 is 4.90 Å². The maximum Gasteiger partial charge on any atom is 0.451 e. The maximum atomic E-state index is 12.5. The monoisotopic (exact) mass is 284 g/mol. The van der Waals surface area contributed by atoms with E-state index in [0.29, 0.717) is 5.56 Å². The highest BCUT2D eigenvalue weighted by Gasteiger charge is 2.35. The fourth-order valence-electron chi connectivity index (χ4n) is 1.75. The Morgan fingerprint density at radius 3 is 2.50 bits per heavy atom. The number of rotatable bonds is 3. The van der Waals surface area contributed by atoms with E-state index >= 15 is 0 Å². The number of aromatic nitrogens is 3. The summed E-state index contributed by atoms with van der Waals surface area (Å²) in [7, 11) is 3.87. The molecule has 0 aliphatic rings. The lowest BCUT2D eigenvalue weighted by atomic mass is 10.0. The van der Waals surface area contributed by atoms with Gasteiger partial charge >= 0.3 is 6.18 Å². The number of aromatic amines is 1. The van der Waals surface area contributed by atoms with E-state index in [-0.39, 0.29) is 11.9 Å². The zero-order valence-corrected chi connectivity index (χ0v) is 11.4. The third-order valence-electron chi connectivity index (χ3n) is 3.16. The summed E-state index contributed by atoms with van der Waals surface area (Å²) in [5.74, 6) is -1.04. The quantitative estimate of drug-likeness (QED) is 0.942. The summed E-state index contributed by atoms with van der Waals surface area (Å²) in [5, 5.41) is 5.55. The van der Waals surface area contributed by atoms with Gasteiger partial charge in [0.05, 0.1) is 0 Å². The van der Waals surface area contributed by atoms with Gasteiger partial charge in [-0.1, -0.05) is 18.2 Å². The van der Waals surface area contributed by atoms with Gasteiger partial charge in [-0.15, -0.1) is 0 Å². The van der Waals surface area contributed by atoms with Crippen LogP contribution < -0.4 is 0 Å². The van der Waals surface area contributed by atoms with Gasteiger partial charge in [-0.25, -0.2) is 4.98 Å². The average molecular weight is 284 g/mol. The van der Waals surface area contributed by atoms with Crippen LogP contribution in [0.1, 0.15) is 24.4 Å². The molecule has 0 spiro atoms. The van der Waals surface area contributed by atoms with Gasteiger partial charge in [0.2, 0.25) is 5.82 Å². The SMILES string of the molecule is C[C@H](c1cccc(-c2n[nH]c(C(F)(F)F)n2)c1)N(C)C. The molecular formula is C13H15F3N4. The van der Waals surface area contributed by atoms with E-state index < -0.39 is 12.0 Å². The predicted octanol–water partition coefficient (Wildman–Crippen LogP) is 3.11. The second-order valence-corrected chi connectivity index (χ2v) is 4.77. The van der Waals surface area contributed by atoms with Gasteiger partial charge in [-0.05, 0) is 32.6 Å². The van der Waals surface area contributed by atoms with Crippen LogP contribution in [0.5, 0.6) is 0 Å². The molecule has 1 heterocycles. The van der Waals surface area contributed by atoms with E-state index in [9.17, 15) is 13.2 Å². The standard InChI is InChI=1S/C13H15F3N4/c1-8(20(2)3)9-5-4-6-10(7-9)11-17-12(19-18-11)13(14,15)16/h4-8H,1-3H3,(H,17,18,19)/t8-/m1/s1. The minimum atomic E-state index is -4.51. The van der Waals surface area contributed by atoms with Crippen LogP contribution in [-0.4, -0.2) is 34.2 Å². The van der Waals surface area contributed by atoms with Crippen molar-refractivity contribution in [3.05, 3.63) is 35.7 Å². The minimum absolute atomic E-state index is 0.0464. The molecule has 108 valence electrons. The molecule has 1 N–H and O–H groups in total. The van der Waals surface area contributed by atoms with Gasteiger partial charge in [-0.3, -0.25) is 5.10 Å². The highest BCUT2D eigenvalue weighted by Crippen LogP contribution is 2.28. The largest absolute Gasteiger partial charge is 0.451 e. The average Bonchev–Trinajstić information content (AvgIpc) is 2.87. The minimum Gasteiger partial charge on any atom is -0.303 e. The number of halogens is 3. The third-order valence-corrected chi connectivity index (χ3v) is 3.16. The van der Waals surface area contributed by atoms with Crippen molar-refractivity contribution < 1.29 is 13.2 Å². The molecule has 0 saturated carbocycles. The van der Waals surface area contributed by atoms with Crippen molar-refractivity contribution in [3.63, 3.8) is 0 Å². The molecule has 1 aromatic carbocycles. The molecule has 4 nitrogen and oxygen atoms in total. The Morgan fingerprint density at radius 2 is 1.95 bits per heavy atom. The molecule has 1 atom stereocenters. The number of hydrogen-bond donors (Lipinski definition) is 1. The first-order valence-corrected chi connectivity index (χ1v) is 6.05. The first kappa shape index (κ1) is 14.5. The van der Waals surface area contributed by atoms with Crippen molar-refractivity contribution in [3.8, 4) is 11.4 Å². The summed E-state index contributed by atoms with van der Waals surface area (Å²) in [4.78, 5) is 5.50. The van der Waals surface area contributed by atoms with Gasteiger partial charge in [-0.2, -0.15) is 18.3 Å². The van der Waals surface area contributed by atoms with Crippen LogP contribution in [0.3, 0.4) is 0 Å². The zero-order valence-electron chi connectivity index (χ0n) is 11.4. The summed E-state index contributed by atoms with van der Waals surface area (Å²) < 4.78 is 37.5. The van der Waals surface area contributed by atoms with Crippen molar-refractivity contribution in [2.45, 2.75) is 19.1 Å². The van der Waals surface area contributed by atoms with Gasteiger partial charge in [0.15, 0.2) is 5.82 Å². The summed E-state index contributed by atoms with van der Waals surface area (Å²) in [5.41, 5.74) is 1.55. The fraction of sp³-hybridized carbons (Fsp3) is 0.385. The highest BCUT2D eigenvalue weighted by molar-refractivity contribution is 5.56. The lowest BCUT2D eigenvalue weighted by Gasteiger charge is -2.20. The van der Waals surface area contributed by atoms with E-state index in [1.54, 1.807) is 18.2 Å². The van der Waals surface area contributed by atoms with Crippen LogP contribution in [0.2, 0.25) is 0 Å². The third kappa shape index (κ3) is 2.98. The normalized spacial score (nSPS) is 13.8. The molecule has 0 fully saturated rings. The Morgan fingerprint density at radius 1 is 1.25 bits per heavy atom. The topological polar surface area (TPSA) is 44.8 Å². The van der Waals surface area contributed by atoms with Crippen molar-refractivity contribution in [1.29, 1.82) is 0 Å². The highest BCUT2D eigenvalue weighted by atomic mass is 19.4. The molecule has 0 radical (unpaired) electrons. The smallest absolute Gasteiger partial charge is 0.303 e. The van der Waals surface area contributed by atoms with Crippen LogP contribution >= 0.6 is 0 Å². The molecule has 1 aromatic heterocycles. The van der Waals surface area contributed by atoms with Crippen molar-refractivity contribution in [2.24, 2.45) is 0 Å². The van der Waals surface area contributed by atoms with Gasteiger partial charge in [0.1, 0.15) is 0 Å². The molecular weight excluding hydrogens is 269 g/mol. The summed E-state index contributed by atoms with van der Waals surface area (Å²) >= 11 is 0. The lowest BCUT2D eigenvalue weighted by Crippen LogP contribution is -2.16. The van der Waals surface area contributed by atoms with E-state index in [0.717, 1.165) is 5.56 Å². The summed E-state index contributed by atoms with van der Waals surface area (Å²) in [6, 6.07) is 7.35. The Labute approximate surface area is 114 Å². The molecule has 2 aromatic rings. The molecule has 0 aliphatic heterocycles. The Balaban J connectivity index is 2.34. The first-order chi connectivity index (χ1) is 9.29. The predicted molar refractivity (Wildman–Crippen MR) is 68.9 cm³/mol. The van der Waals surface area contributed by atoms with E-state index in [4.69, 9.17) is 0 Å². The van der Waals surface area contributed by atoms with Crippen LogP contribution in [0.4, 0.5) is 13.2 Å². The number of H-pyrrole nitrogens is 1. The molecule has 0 bridgehead atoms. The van der Waals surface area contributed by atoms with Crippen molar-refractivity contribution >= 4 is 0 Å². The van der Waals surface area contributed by atoms with E-state index in [1.165, 1.54) is 0 Å². The van der Waals surface area contributed by atoms with Crippen LogP contribution in [0.25, 0.3) is 11.4 Å². The number of nitrogens with one attached hydrogen (secondary N) is 1. The molecule has 20 heavy (non-hydrogen) atoms. The van der Waals surface area contributed by atoms with Crippen LogP contribution in [0.15, 0.2) is 24.3 Å². The summed E-state index contributed by atoms with van der Waals surface area (Å²) in [6.07, 6.45) is -4.51. The molecule has 0 unspecified atom stereocenters. The first-order valence-electron chi connectivity index (χ1n) is 6.05. The number of alkyl halides is 3. The van der Waals surface area contributed by atoms with Crippen molar-refractivity contribution in [2.75, 3.05) is 14.1 Å². The molecule has 2 rings (SSSR count). The molecule has 0 saturated heterocycles. The fourth-order valence-corrected chi connectivity index (χ4v) is 1.75. The number of nitrogens with zero attached hydrogens (tertiary/aromatic N) is 3. The second kappa shape index (κ2) is 5.24. The Kier molecular flexibility index (Phi) is 3.80.